The lowest BCUT2D eigenvalue weighted by atomic mass is 10.1. The zero-order valence-corrected chi connectivity index (χ0v) is 15.8. The Morgan fingerprint density at radius 2 is 1.67 bits per heavy atom. The van der Waals surface area contributed by atoms with Gasteiger partial charge < -0.3 is 11.1 Å². The molecule has 0 spiro atoms. The summed E-state index contributed by atoms with van der Waals surface area (Å²) in [6.45, 7) is 2.76. The Labute approximate surface area is 158 Å². The third-order valence-electron chi connectivity index (χ3n) is 4.58. The van der Waals surface area contributed by atoms with E-state index in [4.69, 9.17) is 5.73 Å². The monoisotopic (exact) mass is 387 g/mol. The van der Waals surface area contributed by atoms with Gasteiger partial charge in [0.15, 0.2) is 0 Å². The van der Waals surface area contributed by atoms with E-state index in [-0.39, 0.29) is 10.5 Å². The molecule has 0 bridgehead atoms. The van der Waals surface area contributed by atoms with Gasteiger partial charge in [0.1, 0.15) is 0 Å². The summed E-state index contributed by atoms with van der Waals surface area (Å²) in [4.78, 5) is 23.9. The molecule has 2 aromatic carbocycles. The van der Waals surface area contributed by atoms with Crippen molar-refractivity contribution in [2.24, 2.45) is 5.73 Å². The Balaban J connectivity index is 1.85. The number of primary amides is 1. The number of nitrogens with two attached hydrogens (primary N) is 1. The van der Waals surface area contributed by atoms with E-state index in [0.717, 1.165) is 12.8 Å². The second-order valence-electron chi connectivity index (χ2n) is 6.48. The first-order valence-electron chi connectivity index (χ1n) is 8.61. The van der Waals surface area contributed by atoms with E-state index >= 15 is 0 Å². The highest BCUT2D eigenvalue weighted by molar-refractivity contribution is 7.89. The van der Waals surface area contributed by atoms with E-state index in [9.17, 15) is 18.0 Å². The zero-order valence-electron chi connectivity index (χ0n) is 14.9. The maximum absolute atomic E-state index is 12.7. The Hall–Kier alpha value is -2.71. The smallest absolute Gasteiger partial charge is 0.255 e. The summed E-state index contributed by atoms with van der Waals surface area (Å²) in [5, 5.41) is 2.71. The second kappa shape index (κ2) is 7.50. The molecule has 7 nitrogen and oxygen atoms in total. The number of benzene rings is 2. The van der Waals surface area contributed by atoms with Gasteiger partial charge >= 0.3 is 0 Å². The average Bonchev–Trinajstić information content (AvgIpc) is 3.18. The lowest BCUT2D eigenvalue weighted by Gasteiger charge is -2.17. The van der Waals surface area contributed by atoms with Crippen molar-refractivity contribution >= 4 is 27.5 Å². The van der Waals surface area contributed by atoms with Gasteiger partial charge in [-0.1, -0.05) is 6.07 Å². The van der Waals surface area contributed by atoms with Gasteiger partial charge in [0.25, 0.3) is 5.91 Å². The summed E-state index contributed by atoms with van der Waals surface area (Å²) in [5.74, 6) is -0.971. The molecule has 1 saturated heterocycles. The molecule has 3 N–H and O–H groups in total. The highest BCUT2D eigenvalue weighted by Gasteiger charge is 2.28. The van der Waals surface area contributed by atoms with Crippen LogP contribution in [-0.4, -0.2) is 37.6 Å². The van der Waals surface area contributed by atoms with Crippen molar-refractivity contribution in [2.45, 2.75) is 24.7 Å². The fraction of sp³-hybridized carbons (Fsp3) is 0.263. The molecule has 0 radical (unpaired) electrons. The molecule has 0 unspecified atom stereocenters. The average molecular weight is 387 g/mol. The van der Waals surface area contributed by atoms with Crippen molar-refractivity contribution in [3.63, 3.8) is 0 Å². The minimum absolute atomic E-state index is 0.115. The predicted molar refractivity (Wildman–Crippen MR) is 102 cm³/mol. The number of amides is 2. The molecular formula is C19H21N3O4S. The van der Waals surface area contributed by atoms with E-state index in [1.54, 1.807) is 25.1 Å². The van der Waals surface area contributed by atoms with E-state index in [1.165, 1.54) is 28.6 Å². The minimum atomic E-state index is -3.60. The van der Waals surface area contributed by atoms with Crippen LogP contribution >= 0.6 is 0 Å². The van der Waals surface area contributed by atoms with Crippen LogP contribution in [-0.2, 0) is 10.0 Å². The Morgan fingerprint density at radius 3 is 2.26 bits per heavy atom. The summed E-state index contributed by atoms with van der Waals surface area (Å²) >= 11 is 0. The molecule has 1 fully saturated rings. The lowest BCUT2D eigenvalue weighted by molar-refractivity contribution is 0.0998. The molecule has 27 heavy (non-hydrogen) atoms. The number of nitrogens with one attached hydrogen (secondary N) is 1. The third-order valence-corrected chi connectivity index (χ3v) is 6.48. The fourth-order valence-electron chi connectivity index (χ4n) is 3.00. The van der Waals surface area contributed by atoms with Gasteiger partial charge in [0, 0.05) is 29.9 Å². The van der Waals surface area contributed by atoms with Crippen LogP contribution in [0.15, 0.2) is 47.4 Å². The van der Waals surface area contributed by atoms with Gasteiger partial charge in [-0.2, -0.15) is 4.31 Å². The summed E-state index contributed by atoms with van der Waals surface area (Å²) < 4.78 is 26.9. The number of anilines is 1. The number of nitrogens with zero attached hydrogens (tertiary/aromatic N) is 1. The zero-order chi connectivity index (χ0) is 19.6. The number of carbonyl (C=O) groups is 2. The van der Waals surface area contributed by atoms with Crippen molar-refractivity contribution < 1.29 is 18.0 Å². The first-order valence-corrected chi connectivity index (χ1v) is 10.0. The molecule has 0 saturated carbocycles. The number of rotatable bonds is 5. The normalized spacial score (nSPS) is 14.9. The van der Waals surface area contributed by atoms with E-state index < -0.39 is 21.8 Å². The second-order valence-corrected chi connectivity index (χ2v) is 8.42. The quantitative estimate of drug-likeness (QED) is 0.819. The SMILES string of the molecule is Cc1ccc(S(=O)(=O)N2CCCC2)cc1C(=O)Nc1ccc(C(N)=O)cc1. The molecule has 0 atom stereocenters. The predicted octanol–water partition coefficient (Wildman–Crippen LogP) is 2.13. The van der Waals surface area contributed by atoms with Gasteiger partial charge in [0.05, 0.1) is 4.90 Å². The molecule has 8 heteroatoms. The van der Waals surface area contributed by atoms with Gasteiger partial charge in [-0.05, 0) is 61.7 Å². The van der Waals surface area contributed by atoms with Gasteiger partial charge in [0.2, 0.25) is 15.9 Å². The molecule has 0 aliphatic carbocycles. The Morgan fingerprint density at radius 1 is 1.04 bits per heavy atom. The first-order chi connectivity index (χ1) is 12.8. The van der Waals surface area contributed by atoms with Crippen LogP contribution in [0.3, 0.4) is 0 Å². The molecule has 0 aromatic heterocycles. The van der Waals surface area contributed by atoms with Crippen molar-refractivity contribution in [1.29, 1.82) is 0 Å². The molecule has 1 aliphatic rings. The fourth-order valence-corrected chi connectivity index (χ4v) is 4.54. The highest BCUT2D eigenvalue weighted by Crippen LogP contribution is 2.23. The summed E-state index contributed by atoms with van der Waals surface area (Å²) in [5.41, 5.74) is 6.97. The van der Waals surface area contributed by atoms with Crippen LogP contribution in [0.25, 0.3) is 0 Å². The highest BCUT2D eigenvalue weighted by atomic mass is 32.2. The molecule has 3 rings (SSSR count). The molecule has 142 valence electrons. The van der Waals surface area contributed by atoms with Crippen LogP contribution < -0.4 is 11.1 Å². The van der Waals surface area contributed by atoms with Gasteiger partial charge in [-0.25, -0.2) is 8.42 Å². The van der Waals surface area contributed by atoms with E-state index in [0.29, 0.717) is 29.9 Å². The van der Waals surface area contributed by atoms with Crippen molar-refractivity contribution in [3.8, 4) is 0 Å². The van der Waals surface area contributed by atoms with Crippen molar-refractivity contribution in [3.05, 3.63) is 59.2 Å². The summed E-state index contributed by atoms with van der Waals surface area (Å²) in [7, 11) is -3.60. The van der Waals surface area contributed by atoms with E-state index in [2.05, 4.69) is 5.32 Å². The van der Waals surface area contributed by atoms with Gasteiger partial charge in [-0.15, -0.1) is 0 Å². The maximum atomic E-state index is 12.7. The number of aryl methyl sites for hydroxylation is 1. The van der Waals surface area contributed by atoms with Crippen LogP contribution in [0.5, 0.6) is 0 Å². The van der Waals surface area contributed by atoms with E-state index in [1.807, 2.05) is 0 Å². The number of hydrogen-bond acceptors (Lipinski definition) is 4. The Kier molecular flexibility index (Phi) is 5.29. The topological polar surface area (TPSA) is 110 Å². The van der Waals surface area contributed by atoms with Crippen LogP contribution in [0.4, 0.5) is 5.69 Å². The van der Waals surface area contributed by atoms with Crippen molar-refractivity contribution in [2.75, 3.05) is 18.4 Å². The molecule has 1 heterocycles. The van der Waals surface area contributed by atoms with Crippen LogP contribution in [0.1, 0.15) is 39.1 Å². The number of hydrogen-bond donors (Lipinski definition) is 2. The summed E-state index contributed by atoms with van der Waals surface area (Å²) in [6, 6.07) is 10.7. The molecular weight excluding hydrogens is 366 g/mol. The number of sulfonamides is 1. The Bertz CT molecular complexity index is 979. The number of carbonyl (C=O) groups excluding carboxylic acids is 2. The van der Waals surface area contributed by atoms with Gasteiger partial charge in [-0.3, -0.25) is 9.59 Å². The molecule has 2 aromatic rings. The maximum Gasteiger partial charge on any atom is 0.255 e. The van der Waals surface area contributed by atoms with Crippen LogP contribution in [0.2, 0.25) is 0 Å². The standard InChI is InChI=1S/C19H21N3O4S/c1-13-4-9-16(27(25,26)22-10-2-3-11-22)12-17(13)19(24)21-15-7-5-14(6-8-15)18(20)23/h4-9,12H,2-3,10-11H2,1H3,(H2,20,23)(H,21,24). The third kappa shape index (κ3) is 4.01. The lowest BCUT2D eigenvalue weighted by Crippen LogP contribution is -2.28. The molecule has 2 amide bonds. The first kappa shape index (κ1) is 19.1. The van der Waals surface area contributed by atoms with Crippen LogP contribution in [0, 0.1) is 6.92 Å². The largest absolute Gasteiger partial charge is 0.366 e. The summed E-state index contributed by atoms with van der Waals surface area (Å²) in [6.07, 6.45) is 1.69. The van der Waals surface area contributed by atoms with Crippen molar-refractivity contribution in [1.82, 2.24) is 4.31 Å². The minimum Gasteiger partial charge on any atom is -0.366 e. The molecule has 1 aliphatic heterocycles.